The van der Waals surface area contributed by atoms with Crippen molar-refractivity contribution in [3.8, 4) is 0 Å². The van der Waals surface area contributed by atoms with E-state index in [-0.39, 0.29) is 6.04 Å². The number of hydrogen-bond donors (Lipinski definition) is 1. The van der Waals surface area contributed by atoms with Crippen molar-refractivity contribution in [3.63, 3.8) is 0 Å². The smallest absolute Gasteiger partial charge is 0.0492 e. The summed E-state index contributed by atoms with van der Waals surface area (Å²) >= 11 is 0. The summed E-state index contributed by atoms with van der Waals surface area (Å²) in [6.07, 6.45) is 1.69. The van der Waals surface area contributed by atoms with Crippen molar-refractivity contribution in [1.82, 2.24) is 0 Å². The summed E-state index contributed by atoms with van der Waals surface area (Å²) in [4.78, 5) is 3.88. The molecule has 0 aliphatic carbocycles. The molecular weight excluding hydrogens is 100 g/mol. The molecule has 2 nitrogen and oxygen atoms in total. The third kappa shape index (κ3) is 2.53. The van der Waals surface area contributed by atoms with Crippen LogP contribution in [-0.4, -0.2) is 12.3 Å². The molecule has 0 heterocycles. The van der Waals surface area contributed by atoms with Crippen LogP contribution in [0, 0.1) is 0 Å². The van der Waals surface area contributed by atoms with E-state index in [1.54, 1.807) is 6.21 Å². The largest absolute Gasteiger partial charge is 0.323 e. The van der Waals surface area contributed by atoms with Crippen molar-refractivity contribution >= 4 is 6.21 Å². The fourth-order valence-corrected chi connectivity index (χ4v) is 0.283. The van der Waals surface area contributed by atoms with Crippen LogP contribution in [0.4, 0.5) is 0 Å². The zero-order valence-electron chi connectivity index (χ0n) is 5.39. The van der Waals surface area contributed by atoms with Gasteiger partial charge in [-0.3, -0.25) is 4.99 Å². The van der Waals surface area contributed by atoms with Crippen LogP contribution in [0.5, 0.6) is 0 Å². The van der Waals surface area contributed by atoms with Gasteiger partial charge in [0.1, 0.15) is 0 Å². The van der Waals surface area contributed by atoms with Gasteiger partial charge in [-0.2, -0.15) is 0 Å². The molecule has 1 unspecified atom stereocenters. The topological polar surface area (TPSA) is 38.4 Å². The first-order valence-electron chi connectivity index (χ1n) is 2.61. The molecule has 0 bridgehead atoms. The number of aliphatic imine (C=N–C) groups is 1. The Labute approximate surface area is 50.1 Å². The first-order valence-corrected chi connectivity index (χ1v) is 2.61. The van der Waals surface area contributed by atoms with Gasteiger partial charge in [-0.25, -0.2) is 0 Å². The molecule has 0 radical (unpaired) electrons. The highest BCUT2D eigenvalue weighted by Crippen LogP contribution is 1.94. The van der Waals surface area contributed by atoms with Crippen LogP contribution in [0.2, 0.25) is 0 Å². The lowest BCUT2D eigenvalue weighted by Crippen LogP contribution is -2.15. The van der Waals surface area contributed by atoms with E-state index in [0.717, 1.165) is 5.70 Å². The molecule has 0 aromatic heterocycles. The van der Waals surface area contributed by atoms with Crippen LogP contribution in [-0.2, 0) is 0 Å². The van der Waals surface area contributed by atoms with Gasteiger partial charge in [0.25, 0.3) is 0 Å². The van der Waals surface area contributed by atoms with E-state index in [9.17, 15) is 0 Å². The normalized spacial score (nSPS) is 14.4. The summed E-state index contributed by atoms with van der Waals surface area (Å²) in [5.74, 6) is 0. The number of rotatable bonds is 2. The molecular formula is C6H12N2. The monoisotopic (exact) mass is 112 g/mol. The summed E-state index contributed by atoms with van der Waals surface area (Å²) in [5, 5.41) is 0. The molecule has 46 valence electrons. The van der Waals surface area contributed by atoms with Gasteiger partial charge in [0, 0.05) is 18.0 Å². The van der Waals surface area contributed by atoms with E-state index in [0.29, 0.717) is 0 Å². The molecule has 0 spiro atoms. The highest BCUT2D eigenvalue weighted by molar-refractivity contribution is 5.55. The Morgan fingerprint density at radius 2 is 2.38 bits per heavy atom. The lowest BCUT2D eigenvalue weighted by Gasteiger charge is -2.00. The maximum absolute atomic E-state index is 5.41. The van der Waals surface area contributed by atoms with Crippen LogP contribution in [0.3, 0.4) is 0 Å². The number of hydrogen-bond acceptors (Lipinski definition) is 2. The fraction of sp³-hybridized carbons (Fsp3) is 0.500. The Hall–Kier alpha value is -0.630. The quantitative estimate of drug-likeness (QED) is 0.530. The minimum Gasteiger partial charge on any atom is -0.323 e. The van der Waals surface area contributed by atoms with Gasteiger partial charge >= 0.3 is 0 Å². The third-order valence-electron chi connectivity index (χ3n) is 0.821. The molecule has 8 heavy (non-hydrogen) atoms. The van der Waals surface area contributed by atoms with Crippen molar-refractivity contribution in [2.24, 2.45) is 10.7 Å². The van der Waals surface area contributed by atoms with Crippen LogP contribution < -0.4 is 5.73 Å². The molecule has 0 aliphatic rings. The molecule has 0 saturated heterocycles. The molecule has 0 aromatic rings. The van der Waals surface area contributed by atoms with E-state index >= 15 is 0 Å². The van der Waals surface area contributed by atoms with Crippen LogP contribution in [0.15, 0.2) is 17.3 Å². The summed E-state index contributed by atoms with van der Waals surface area (Å²) in [7, 11) is 0. The third-order valence-corrected chi connectivity index (χ3v) is 0.821. The van der Waals surface area contributed by atoms with Crippen LogP contribution >= 0.6 is 0 Å². The van der Waals surface area contributed by atoms with Crippen LogP contribution in [0.1, 0.15) is 13.8 Å². The van der Waals surface area contributed by atoms with E-state index in [1.807, 2.05) is 13.8 Å². The summed E-state index contributed by atoms with van der Waals surface area (Å²) in [5.41, 5.74) is 6.14. The Morgan fingerprint density at radius 3 is 2.50 bits per heavy atom. The minimum atomic E-state index is -0.0220. The molecule has 0 aliphatic heterocycles. The first-order chi connectivity index (χ1) is 3.68. The summed E-state index contributed by atoms with van der Waals surface area (Å²) in [6, 6.07) is -0.0220. The standard InChI is InChI=1S/C6H12N2/c1-4-8-6(3)5(2)7/h4-5H,3,7H2,1-2H3. The molecule has 0 fully saturated rings. The second-order valence-corrected chi connectivity index (χ2v) is 1.67. The molecule has 2 N–H and O–H groups in total. The maximum Gasteiger partial charge on any atom is 0.0492 e. The summed E-state index contributed by atoms with van der Waals surface area (Å²) < 4.78 is 0. The molecule has 0 rings (SSSR count). The zero-order chi connectivity index (χ0) is 6.57. The molecule has 0 amide bonds. The molecule has 1 atom stereocenters. The van der Waals surface area contributed by atoms with Crippen LogP contribution in [0.25, 0.3) is 0 Å². The number of nitrogens with two attached hydrogens (primary N) is 1. The first kappa shape index (κ1) is 7.37. The van der Waals surface area contributed by atoms with Gasteiger partial charge in [-0.15, -0.1) is 0 Å². The molecule has 0 saturated carbocycles. The SMILES string of the molecule is C=C(N=CC)C(C)N. The van der Waals surface area contributed by atoms with Gasteiger partial charge in [0.2, 0.25) is 0 Å². The second kappa shape index (κ2) is 3.38. The maximum atomic E-state index is 5.41. The average molecular weight is 112 g/mol. The summed E-state index contributed by atoms with van der Waals surface area (Å²) in [6.45, 7) is 7.32. The van der Waals surface area contributed by atoms with E-state index < -0.39 is 0 Å². The van der Waals surface area contributed by atoms with Crippen molar-refractivity contribution in [2.45, 2.75) is 19.9 Å². The average Bonchev–Trinajstić information content (AvgIpc) is 1.67. The second-order valence-electron chi connectivity index (χ2n) is 1.67. The van der Waals surface area contributed by atoms with Crippen molar-refractivity contribution in [2.75, 3.05) is 0 Å². The van der Waals surface area contributed by atoms with E-state index in [2.05, 4.69) is 11.6 Å². The van der Waals surface area contributed by atoms with Crippen molar-refractivity contribution < 1.29 is 0 Å². The van der Waals surface area contributed by atoms with E-state index in [4.69, 9.17) is 5.73 Å². The van der Waals surface area contributed by atoms with Gasteiger partial charge < -0.3 is 5.73 Å². The zero-order valence-corrected chi connectivity index (χ0v) is 5.39. The molecule has 0 aromatic carbocycles. The Balaban J connectivity index is 3.66. The van der Waals surface area contributed by atoms with Crippen molar-refractivity contribution in [1.29, 1.82) is 0 Å². The van der Waals surface area contributed by atoms with Gasteiger partial charge in [0.15, 0.2) is 0 Å². The van der Waals surface area contributed by atoms with Gasteiger partial charge in [0.05, 0.1) is 0 Å². The Morgan fingerprint density at radius 1 is 1.88 bits per heavy atom. The highest BCUT2D eigenvalue weighted by Gasteiger charge is 1.93. The lowest BCUT2D eigenvalue weighted by molar-refractivity contribution is 0.853. The van der Waals surface area contributed by atoms with Gasteiger partial charge in [-0.1, -0.05) is 6.58 Å². The van der Waals surface area contributed by atoms with Crippen molar-refractivity contribution in [3.05, 3.63) is 12.3 Å². The predicted molar refractivity (Wildman–Crippen MR) is 37.0 cm³/mol. The minimum absolute atomic E-state index is 0.0220. The number of nitrogens with zero attached hydrogens (tertiary/aromatic N) is 1. The highest BCUT2D eigenvalue weighted by atomic mass is 14.8. The molecule has 2 heteroatoms. The predicted octanol–water partition coefficient (Wildman–Crippen LogP) is 0.938. The Bertz CT molecular complexity index is 103. The fourth-order valence-electron chi connectivity index (χ4n) is 0.283. The lowest BCUT2D eigenvalue weighted by atomic mass is 10.3. The van der Waals surface area contributed by atoms with E-state index in [1.165, 1.54) is 0 Å². The van der Waals surface area contributed by atoms with Gasteiger partial charge in [-0.05, 0) is 13.8 Å². The Kier molecular flexibility index (Phi) is 3.12.